The number of hydrogen-bond donors (Lipinski definition) is 2. The largest absolute Gasteiger partial charge is 0.374 e. The highest BCUT2D eigenvalue weighted by Gasteiger charge is 2.14. The van der Waals surface area contributed by atoms with Crippen LogP contribution >= 0.6 is 23.1 Å². The van der Waals surface area contributed by atoms with E-state index in [1.807, 2.05) is 67.6 Å². The zero-order valence-electron chi connectivity index (χ0n) is 15.6. The second-order valence-electron chi connectivity index (χ2n) is 6.27. The normalized spacial score (nSPS) is 10.8. The molecular formula is C20H18N6OS2. The summed E-state index contributed by atoms with van der Waals surface area (Å²) < 4.78 is 2.40. The monoisotopic (exact) mass is 422 g/mol. The van der Waals surface area contributed by atoms with Crippen molar-refractivity contribution in [3.63, 3.8) is 0 Å². The fourth-order valence-corrected chi connectivity index (χ4v) is 4.12. The fourth-order valence-electron chi connectivity index (χ4n) is 2.69. The minimum Gasteiger partial charge on any atom is -0.374 e. The number of benzene rings is 2. The first-order chi connectivity index (χ1) is 14.1. The highest BCUT2D eigenvalue weighted by atomic mass is 32.2. The Balaban J connectivity index is 1.58. The first kappa shape index (κ1) is 19.2. The summed E-state index contributed by atoms with van der Waals surface area (Å²) in [6.07, 6.45) is 0. The van der Waals surface area contributed by atoms with E-state index in [1.165, 1.54) is 28.7 Å². The predicted molar refractivity (Wildman–Crippen MR) is 117 cm³/mol. The van der Waals surface area contributed by atoms with Gasteiger partial charge in [-0.05, 0) is 19.1 Å². The number of carbonyl (C=O) groups excluding carboxylic acids is 1. The highest BCUT2D eigenvalue weighted by molar-refractivity contribution is 8.01. The lowest BCUT2D eigenvalue weighted by atomic mass is 10.1. The Hall–Kier alpha value is -3.17. The number of nitrogens with one attached hydrogen (secondary N) is 1. The first-order valence-electron chi connectivity index (χ1n) is 8.82. The molecule has 0 bridgehead atoms. The van der Waals surface area contributed by atoms with E-state index in [4.69, 9.17) is 10.8 Å². The van der Waals surface area contributed by atoms with Gasteiger partial charge in [-0.3, -0.25) is 4.79 Å². The quantitative estimate of drug-likeness (QED) is 0.456. The molecule has 0 fully saturated rings. The molecule has 2 aromatic heterocycles. The zero-order chi connectivity index (χ0) is 20.2. The van der Waals surface area contributed by atoms with Crippen LogP contribution in [-0.2, 0) is 4.79 Å². The van der Waals surface area contributed by atoms with Crippen molar-refractivity contribution in [3.05, 3.63) is 66.2 Å². The van der Waals surface area contributed by atoms with Gasteiger partial charge in [0.15, 0.2) is 4.34 Å². The number of carbonyl (C=O) groups is 1. The fraction of sp³-hybridized carbons (Fsp3) is 0.100. The molecule has 0 saturated heterocycles. The Bertz CT molecular complexity index is 1120. The summed E-state index contributed by atoms with van der Waals surface area (Å²) in [5.74, 6) is 0.652. The summed E-state index contributed by atoms with van der Waals surface area (Å²) in [5.41, 5.74) is 9.40. The Morgan fingerprint density at radius 3 is 2.59 bits per heavy atom. The van der Waals surface area contributed by atoms with Gasteiger partial charge in [-0.2, -0.15) is 5.10 Å². The Morgan fingerprint density at radius 2 is 1.90 bits per heavy atom. The van der Waals surface area contributed by atoms with Crippen LogP contribution in [0.4, 0.5) is 10.9 Å². The van der Waals surface area contributed by atoms with Crippen molar-refractivity contribution in [2.75, 3.05) is 16.8 Å². The van der Waals surface area contributed by atoms with Gasteiger partial charge >= 0.3 is 0 Å². The van der Waals surface area contributed by atoms with Crippen molar-refractivity contribution >= 4 is 40.0 Å². The lowest BCUT2D eigenvalue weighted by molar-refractivity contribution is -0.113. The summed E-state index contributed by atoms with van der Waals surface area (Å²) in [6, 6.07) is 19.7. The van der Waals surface area contributed by atoms with Crippen molar-refractivity contribution < 1.29 is 4.79 Å². The topological polar surface area (TPSA) is 98.7 Å². The first-order valence-corrected chi connectivity index (χ1v) is 10.6. The van der Waals surface area contributed by atoms with E-state index in [0.717, 1.165) is 16.9 Å². The minimum absolute atomic E-state index is 0.156. The summed E-state index contributed by atoms with van der Waals surface area (Å²) in [7, 11) is 0. The minimum atomic E-state index is -0.156. The smallest absolute Gasteiger partial charge is 0.235 e. The third kappa shape index (κ3) is 4.64. The molecule has 0 aliphatic rings. The summed E-state index contributed by atoms with van der Waals surface area (Å²) in [5, 5.41) is 15.7. The van der Waals surface area contributed by atoms with Crippen LogP contribution in [0, 0.1) is 6.92 Å². The van der Waals surface area contributed by atoms with E-state index in [9.17, 15) is 4.79 Å². The Kier molecular flexibility index (Phi) is 5.59. The lowest BCUT2D eigenvalue weighted by Gasteiger charge is -2.08. The molecule has 0 atom stereocenters. The van der Waals surface area contributed by atoms with E-state index < -0.39 is 0 Å². The molecule has 4 aromatic rings. The van der Waals surface area contributed by atoms with E-state index >= 15 is 0 Å². The molecule has 3 N–H and O–H groups in total. The van der Waals surface area contributed by atoms with Gasteiger partial charge in [0.25, 0.3) is 0 Å². The number of thioether (sulfide) groups is 1. The maximum Gasteiger partial charge on any atom is 0.235 e. The molecule has 146 valence electrons. The van der Waals surface area contributed by atoms with Crippen molar-refractivity contribution in [2.24, 2.45) is 0 Å². The van der Waals surface area contributed by atoms with Gasteiger partial charge in [0, 0.05) is 11.6 Å². The summed E-state index contributed by atoms with van der Waals surface area (Å²) in [4.78, 5) is 12.5. The number of rotatable bonds is 6. The number of aryl methyl sites for hydroxylation is 1. The van der Waals surface area contributed by atoms with Crippen molar-refractivity contribution in [3.8, 4) is 16.9 Å². The third-order valence-electron chi connectivity index (χ3n) is 4.07. The second-order valence-corrected chi connectivity index (χ2v) is 8.50. The van der Waals surface area contributed by atoms with Gasteiger partial charge < -0.3 is 11.1 Å². The molecule has 0 aliphatic heterocycles. The third-order valence-corrected chi connectivity index (χ3v) is 5.96. The molecule has 0 spiro atoms. The molecule has 9 heteroatoms. The number of hydrogen-bond acceptors (Lipinski definition) is 7. The van der Waals surface area contributed by atoms with Gasteiger partial charge in [0.05, 0.1) is 17.1 Å². The molecule has 7 nitrogen and oxygen atoms in total. The van der Waals surface area contributed by atoms with Gasteiger partial charge in [0.2, 0.25) is 11.0 Å². The number of amides is 1. The average Bonchev–Trinajstić information content (AvgIpc) is 3.34. The number of nitrogens with two attached hydrogens (primary N) is 1. The Labute approximate surface area is 176 Å². The van der Waals surface area contributed by atoms with Crippen LogP contribution in [0.15, 0.2) is 65.0 Å². The molecular weight excluding hydrogens is 404 g/mol. The number of nitrogen functional groups attached to an aromatic ring is 1. The number of nitrogens with zero attached hydrogens (tertiary/aromatic N) is 4. The van der Waals surface area contributed by atoms with Gasteiger partial charge in [0.1, 0.15) is 5.82 Å². The van der Waals surface area contributed by atoms with Crippen LogP contribution in [0.3, 0.4) is 0 Å². The molecule has 0 radical (unpaired) electrons. The average molecular weight is 423 g/mol. The standard InChI is InChI=1S/C20H18N6OS2/c1-13-7-9-14(10-8-13)16-11-17(26(25-16)15-5-3-2-4-6-15)22-18(27)12-28-20-24-23-19(21)29-20/h2-11H,12H2,1H3,(H2,21,23)(H,22,27). The SMILES string of the molecule is Cc1ccc(-c2cc(NC(=O)CSc3nnc(N)s3)n(-c3ccccc3)n2)cc1. The van der Waals surface area contributed by atoms with Crippen molar-refractivity contribution in [2.45, 2.75) is 11.3 Å². The second kappa shape index (κ2) is 8.46. The summed E-state index contributed by atoms with van der Waals surface area (Å²) in [6.45, 7) is 2.04. The van der Waals surface area contributed by atoms with Crippen molar-refractivity contribution in [1.82, 2.24) is 20.0 Å². The summed E-state index contributed by atoms with van der Waals surface area (Å²) >= 11 is 2.56. The zero-order valence-corrected chi connectivity index (χ0v) is 17.2. The van der Waals surface area contributed by atoms with Crippen LogP contribution in [0.5, 0.6) is 0 Å². The van der Waals surface area contributed by atoms with E-state index in [-0.39, 0.29) is 11.7 Å². The van der Waals surface area contributed by atoms with Crippen LogP contribution in [-0.4, -0.2) is 31.6 Å². The number of para-hydroxylation sites is 1. The van der Waals surface area contributed by atoms with E-state index in [0.29, 0.717) is 15.3 Å². The number of aromatic nitrogens is 4. The molecule has 29 heavy (non-hydrogen) atoms. The van der Waals surface area contributed by atoms with Crippen LogP contribution < -0.4 is 11.1 Å². The molecule has 4 rings (SSSR count). The van der Waals surface area contributed by atoms with E-state index in [1.54, 1.807) is 4.68 Å². The molecule has 2 heterocycles. The maximum absolute atomic E-state index is 12.5. The highest BCUT2D eigenvalue weighted by Crippen LogP contribution is 2.26. The molecule has 1 amide bonds. The van der Waals surface area contributed by atoms with Crippen LogP contribution in [0.25, 0.3) is 16.9 Å². The van der Waals surface area contributed by atoms with Gasteiger partial charge in [-0.25, -0.2) is 4.68 Å². The van der Waals surface area contributed by atoms with Crippen LogP contribution in [0.1, 0.15) is 5.56 Å². The van der Waals surface area contributed by atoms with Gasteiger partial charge in [-0.1, -0.05) is 71.1 Å². The molecule has 0 unspecified atom stereocenters. The predicted octanol–water partition coefficient (Wildman–Crippen LogP) is 4.01. The Morgan fingerprint density at radius 1 is 1.14 bits per heavy atom. The van der Waals surface area contributed by atoms with Gasteiger partial charge in [-0.15, -0.1) is 10.2 Å². The van der Waals surface area contributed by atoms with E-state index in [2.05, 4.69) is 15.5 Å². The maximum atomic E-state index is 12.5. The molecule has 2 aromatic carbocycles. The lowest BCUT2D eigenvalue weighted by Crippen LogP contribution is -2.16. The number of anilines is 2. The molecule has 0 saturated carbocycles. The molecule has 0 aliphatic carbocycles. The van der Waals surface area contributed by atoms with Crippen LogP contribution in [0.2, 0.25) is 0 Å². The van der Waals surface area contributed by atoms with Crippen molar-refractivity contribution in [1.29, 1.82) is 0 Å².